The van der Waals surface area contributed by atoms with Crippen molar-refractivity contribution in [3.8, 4) is 0 Å². The molecular formula is C5H7N2O. The number of rotatable bonds is 2. The van der Waals surface area contributed by atoms with Crippen LogP contribution in [0.5, 0.6) is 0 Å². The van der Waals surface area contributed by atoms with E-state index < -0.39 is 0 Å². The Hall–Kier alpha value is -0.830. The third kappa shape index (κ3) is 1.07. The van der Waals surface area contributed by atoms with Gasteiger partial charge in [0.2, 0.25) is 0 Å². The van der Waals surface area contributed by atoms with Gasteiger partial charge >= 0.3 is 0 Å². The molecule has 0 aliphatic carbocycles. The lowest BCUT2D eigenvalue weighted by molar-refractivity contribution is 0.230. The first-order valence-corrected chi connectivity index (χ1v) is 2.34. The van der Waals surface area contributed by atoms with Crippen molar-refractivity contribution >= 4 is 6.21 Å². The summed E-state index contributed by atoms with van der Waals surface area (Å²) in [7, 11) is 1.65. The van der Waals surface area contributed by atoms with Crippen LogP contribution in [0.3, 0.4) is 0 Å². The fourth-order valence-corrected chi connectivity index (χ4v) is 0.490. The maximum atomic E-state index is 4.81. The highest BCUT2D eigenvalue weighted by Crippen LogP contribution is 1.94. The second-order valence-corrected chi connectivity index (χ2v) is 1.50. The third-order valence-electron chi connectivity index (χ3n) is 0.825. The smallest absolute Gasteiger partial charge is 0.0744 e. The molecule has 8 heavy (non-hydrogen) atoms. The zero-order valence-corrected chi connectivity index (χ0v) is 4.66. The van der Waals surface area contributed by atoms with Crippen LogP contribution in [0.15, 0.2) is 16.9 Å². The van der Waals surface area contributed by atoms with Crippen molar-refractivity contribution in [2.24, 2.45) is 5.10 Å². The molecule has 1 aliphatic rings. The van der Waals surface area contributed by atoms with E-state index >= 15 is 0 Å². The minimum absolute atomic E-state index is 0.604. The second-order valence-electron chi connectivity index (χ2n) is 1.50. The average Bonchev–Trinajstić information content (AvgIpc) is 2.19. The highest BCUT2D eigenvalue weighted by molar-refractivity contribution is 5.80. The summed E-state index contributed by atoms with van der Waals surface area (Å²) in [6, 6.07) is 0. The lowest BCUT2D eigenvalue weighted by Gasteiger charge is -1.90. The molecular weight excluding hydrogens is 104 g/mol. The molecule has 1 rings (SSSR count). The first-order chi connectivity index (χ1) is 3.93. The molecule has 0 bridgehead atoms. The van der Waals surface area contributed by atoms with Gasteiger partial charge in [-0.3, -0.25) is 0 Å². The van der Waals surface area contributed by atoms with Crippen LogP contribution in [0, 0.1) is 0 Å². The predicted octanol–water partition coefficient (Wildman–Crippen LogP) is 0.121. The number of ether oxygens (including phenoxy) is 1. The van der Waals surface area contributed by atoms with Crippen LogP contribution in [-0.4, -0.2) is 19.9 Å². The van der Waals surface area contributed by atoms with Crippen LogP contribution in [0.4, 0.5) is 0 Å². The molecule has 0 spiro atoms. The Kier molecular flexibility index (Phi) is 1.64. The molecule has 3 nitrogen and oxygen atoms in total. The van der Waals surface area contributed by atoms with Gasteiger partial charge in [0.1, 0.15) is 0 Å². The van der Waals surface area contributed by atoms with Gasteiger partial charge in [-0.1, -0.05) is 0 Å². The van der Waals surface area contributed by atoms with Crippen LogP contribution in [0.25, 0.3) is 0 Å². The summed E-state index contributed by atoms with van der Waals surface area (Å²) in [5.74, 6) is 0. The van der Waals surface area contributed by atoms with Gasteiger partial charge in [0.05, 0.1) is 19.0 Å². The van der Waals surface area contributed by atoms with E-state index in [9.17, 15) is 0 Å². The molecule has 0 fully saturated rings. The van der Waals surface area contributed by atoms with Gasteiger partial charge in [0, 0.05) is 12.7 Å². The molecule has 0 N–H and O–H groups in total. The lowest BCUT2D eigenvalue weighted by Crippen LogP contribution is -1.91. The standard InChI is InChI=1S/C5H7N2O/c1-8-4-5-2-6-7-3-5/h2-3H,4H2,1H3. The van der Waals surface area contributed by atoms with Gasteiger partial charge in [-0.2, -0.15) is 10.5 Å². The minimum Gasteiger partial charge on any atom is -0.380 e. The van der Waals surface area contributed by atoms with Crippen molar-refractivity contribution in [3.05, 3.63) is 11.8 Å². The van der Waals surface area contributed by atoms with Crippen molar-refractivity contribution in [1.29, 1.82) is 0 Å². The van der Waals surface area contributed by atoms with Crippen molar-refractivity contribution in [2.45, 2.75) is 0 Å². The Morgan fingerprint density at radius 1 is 1.75 bits per heavy atom. The zero-order chi connectivity index (χ0) is 5.82. The molecule has 0 saturated heterocycles. The molecule has 0 amide bonds. The van der Waals surface area contributed by atoms with E-state index in [2.05, 4.69) is 10.5 Å². The summed E-state index contributed by atoms with van der Waals surface area (Å²) >= 11 is 0. The maximum Gasteiger partial charge on any atom is 0.0744 e. The predicted molar refractivity (Wildman–Crippen MR) is 30.6 cm³/mol. The Labute approximate surface area is 48.0 Å². The fourth-order valence-electron chi connectivity index (χ4n) is 0.490. The van der Waals surface area contributed by atoms with Gasteiger partial charge in [-0.15, -0.1) is 0 Å². The van der Waals surface area contributed by atoms with Gasteiger partial charge in [0.15, 0.2) is 0 Å². The fraction of sp³-hybridized carbons (Fsp3) is 0.400. The van der Waals surface area contributed by atoms with Gasteiger partial charge in [-0.25, -0.2) is 0 Å². The Morgan fingerprint density at radius 2 is 2.62 bits per heavy atom. The topological polar surface area (TPSA) is 35.7 Å². The Bertz CT molecular complexity index is 128. The van der Waals surface area contributed by atoms with Crippen LogP contribution < -0.4 is 5.43 Å². The van der Waals surface area contributed by atoms with Crippen LogP contribution >= 0.6 is 0 Å². The first kappa shape index (κ1) is 5.31. The van der Waals surface area contributed by atoms with E-state index in [1.54, 1.807) is 19.5 Å². The quantitative estimate of drug-likeness (QED) is 0.498. The van der Waals surface area contributed by atoms with Crippen molar-refractivity contribution < 1.29 is 4.74 Å². The summed E-state index contributed by atoms with van der Waals surface area (Å²) in [4.78, 5) is 0. The molecule has 0 unspecified atom stereocenters. The summed E-state index contributed by atoms with van der Waals surface area (Å²) < 4.78 is 4.81. The van der Waals surface area contributed by atoms with Crippen molar-refractivity contribution in [2.75, 3.05) is 13.7 Å². The number of hydrogen-bond acceptors (Lipinski definition) is 2. The van der Waals surface area contributed by atoms with E-state index in [0.717, 1.165) is 5.57 Å². The number of hydrogen-bond donors (Lipinski definition) is 0. The molecule has 0 aromatic heterocycles. The van der Waals surface area contributed by atoms with E-state index in [4.69, 9.17) is 4.74 Å². The van der Waals surface area contributed by atoms with Crippen molar-refractivity contribution in [1.82, 2.24) is 5.43 Å². The highest BCUT2D eigenvalue weighted by Gasteiger charge is 1.96. The molecule has 1 radical (unpaired) electrons. The average molecular weight is 111 g/mol. The molecule has 3 heteroatoms. The highest BCUT2D eigenvalue weighted by atomic mass is 16.5. The van der Waals surface area contributed by atoms with Gasteiger partial charge in [-0.05, 0) is 0 Å². The molecule has 0 aromatic carbocycles. The van der Waals surface area contributed by atoms with Gasteiger partial charge in [0.25, 0.3) is 0 Å². The second kappa shape index (κ2) is 2.47. The van der Waals surface area contributed by atoms with Crippen LogP contribution in [0.2, 0.25) is 0 Å². The normalized spacial score (nSPS) is 15.9. The Morgan fingerprint density at radius 3 is 3.12 bits per heavy atom. The summed E-state index contributed by atoms with van der Waals surface area (Å²) in [5.41, 5.74) is 4.63. The molecule has 0 atom stereocenters. The van der Waals surface area contributed by atoms with E-state index in [-0.39, 0.29) is 0 Å². The van der Waals surface area contributed by atoms with E-state index in [1.165, 1.54) is 0 Å². The third-order valence-corrected chi connectivity index (χ3v) is 0.825. The number of methoxy groups -OCH3 is 1. The molecule has 0 aromatic rings. The van der Waals surface area contributed by atoms with Gasteiger partial charge < -0.3 is 4.74 Å². The summed E-state index contributed by atoms with van der Waals surface area (Å²) in [5, 5.41) is 3.61. The molecule has 43 valence electrons. The van der Waals surface area contributed by atoms with Crippen LogP contribution in [-0.2, 0) is 4.74 Å². The lowest BCUT2D eigenvalue weighted by atomic mass is 10.3. The van der Waals surface area contributed by atoms with Crippen molar-refractivity contribution in [3.63, 3.8) is 0 Å². The largest absolute Gasteiger partial charge is 0.380 e. The maximum absolute atomic E-state index is 4.81. The SMILES string of the molecule is COCC1=C[N]N=C1. The monoisotopic (exact) mass is 111 g/mol. The summed E-state index contributed by atoms with van der Waals surface area (Å²) in [6.07, 6.45) is 3.37. The minimum atomic E-state index is 0.604. The van der Waals surface area contributed by atoms with E-state index in [1.807, 2.05) is 0 Å². The summed E-state index contributed by atoms with van der Waals surface area (Å²) in [6.45, 7) is 0.604. The zero-order valence-electron chi connectivity index (χ0n) is 4.66. The Balaban J connectivity index is 2.34. The molecule has 1 aliphatic heterocycles. The number of nitrogens with zero attached hydrogens (tertiary/aromatic N) is 2. The van der Waals surface area contributed by atoms with E-state index in [0.29, 0.717) is 6.61 Å². The van der Waals surface area contributed by atoms with Crippen LogP contribution in [0.1, 0.15) is 0 Å². The molecule has 0 saturated carbocycles. The molecule has 1 heterocycles. The first-order valence-electron chi connectivity index (χ1n) is 2.34.